The zero-order valence-electron chi connectivity index (χ0n) is 6.64. The summed E-state index contributed by atoms with van der Waals surface area (Å²) in [5.74, 6) is -0.0584. The van der Waals surface area contributed by atoms with Crippen LogP contribution in [0.1, 0.15) is 25.7 Å². The molecule has 1 aliphatic heterocycles. The molecule has 2 fully saturated rings. The number of carbonyl (C=O) groups is 1. The van der Waals surface area contributed by atoms with Gasteiger partial charge in [0.1, 0.15) is 5.70 Å². The predicted octanol–water partition coefficient (Wildman–Crippen LogP) is 0.819. The lowest BCUT2D eigenvalue weighted by molar-refractivity contribution is -0.115. The maximum absolute atomic E-state index is 11.3. The van der Waals surface area contributed by atoms with Gasteiger partial charge in [-0.2, -0.15) is 0 Å². The Hall–Kier alpha value is -0.900. The summed E-state index contributed by atoms with van der Waals surface area (Å²) in [6.45, 7) is 0. The van der Waals surface area contributed by atoms with Gasteiger partial charge in [-0.3, -0.25) is 10.1 Å². The third kappa shape index (κ3) is 1.22. The van der Waals surface area contributed by atoms with Crippen LogP contribution in [0.3, 0.4) is 0 Å². The Balaban J connectivity index is 2.27. The van der Waals surface area contributed by atoms with Crippen molar-refractivity contribution in [1.29, 1.82) is 0 Å². The van der Waals surface area contributed by atoms with E-state index in [4.69, 9.17) is 12.2 Å². The lowest BCUT2D eigenvalue weighted by atomic mass is 10.2. The van der Waals surface area contributed by atoms with E-state index in [0.29, 0.717) is 10.8 Å². The van der Waals surface area contributed by atoms with E-state index in [9.17, 15) is 4.79 Å². The molecular formula is C8H10N2OS. The quantitative estimate of drug-likeness (QED) is 0.430. The molecule has 0 atom stereocenters. The summed E-state index contributed by atoms with van der Waals surface area (Å²) in [6.07, 6.45) is 4.47. The van der Waals surface area contributed by atoms with Gasteiger partial charge in [-0.05, 0) is 43.5 Å². The SMILES string of the molecule is O=C1NC(=S)NC1=C1CCCC1. The van der Waals surface area contributed by atoms with Gasteiger partial charge in [0.15, 0.2) is 5.11 Å². The highest BCUT2D eigenvalue weighted by Gasteiger charge is 2.25. The first-order chi connectivity index (χ1) is 5.77. The van der Waals surface area contributed by atoms with Crippen LogP contribution < -0.4 is 10.6 Å². The average molecular weight is 182 g/mol. The van der Waals surface area contributed by atoms with Crippen LogP contribution >= 0.6 is 12.2 Å². The smallest absolute Gasteiger partial charge is 0.273 e. The van der Waals surface area contributed by atoms with E-state index in [1.165, 1.54) is 18.4 Å². The fourth-order valence-corrected chi connectivity index (χ4v) is 1.86. The Bertz CT molecular complexity index is 275. The number of hydrogen-bond acceptors (Lipinski definition) is 2. The van der Waals surface area contributed by atoms with Gasteiger partial charge in [-0.25, -0.2) is 0 Å². The number of amides is 1. The number of nitrogens with one attached hydrogen (secondary N) is 2. The molecule has 4 heteroatoms. The molecule has 0 unspecified atom stereocenters. The van der Waals surface area contributed by atoms with Gasteiger partial charge >= 0.3 is 0 Å². The molecule has 12 heavy (non-hydrogen) atoms. The molecule has 1 saturated carbocycles. The molecule has 1 aliphatic carbocycles. The molecule has 64 valence electrons. The molecule has 1 heterocycles. The van der Waals surface area contributed by atoms with Gasteiger partial charge in [0, 0.05) is 0 Å². The minimum Gasteiger partial charge on any atom is -0.328 e. The highest BCUT2D eigenvalue weighted by molar-refractivity contribution is 7.80. The largest absolute Gasteiger partial charge is 0.328 e. The highest BCUT2D eigenvalue weighted by Crippen LogP contribution is 2.26. The van der Waals surface area contributed by atoms with E-state index in [-0.39, 0.29) is 5.91 Å². The second-order valence-electron chi connectivity index (χ2n) is 3.09. The third-order valence-corrected chi connectivity index (χ3v) is 2.46. The normalized spacial score (nSPS) is 23.0. The Morgan fingerprint density at radius 3 is 2.33 bits per heavy atom. The first kappa shape index (κ1) is 7.73. The topological polar surface area (TPSA) is 41.1 Å². The fourth-order valence-electron chi connectivity index (χ4n) is 1.67. The molecule has 0 aromatic rings. The van der Waals surface area contributed by atoms with Crippen molar-refractivity contribution in [3.05, 3.63) is 11.3 Å². The number of allylic oxidation sites excluding steroid dienone is 1. The summed E-state index contributed by atoms with van der Waals surface area (Å²) in [6, 6.07) is 0. The van der Waals surface area contributed by atoms with Crippen molar-refractivity contribution in [2.75, 3.05) is 0 Å². The minimum atomic E-state index is -0.0584. The van der Waals surface area contributed by atoms with E-state index >= 15 is 0 Å². The van der Waals surface area contributed by atoms with E-state index in [0.717, 1.165) is 12.8 Å². The molecule has 2 aliphatic rings. The molecule has 1 amide bonds. The van der Waals surface area contributed by atoms with Crippen molar-refractivity contribution in [2.45, 2.75) is 25.7 Å². The van der Waals surface area contributed by atoms with Crippen LogP contribution in [-0.4, -0.2) is 11.0 Å². The first-order valence-corrected chi connectivity index (χ1v) is 4.52. The molecule has 2 N–H and O–H groups in total. The molecule has 0 radical (unpaired) electrons. The minimum absolute atomic E-state index is 0.0584. The lowest BCUT2D eigenvalue weighted by Crippen LogP contribution is -2.21. The highest BCUT2D eigenvalue weighted by atomic mass is 32.1. The zero-order valence-corrected chi connectivity index (χ0v) is 7.46. The molecule has 2 rings (SSSR count). The van der Waals surface area contributed by atoms with Crippen LogP contribution in [0.25, 0.3) is 0 Å². The third-order valence-electron chi connectivity index (χ3n) is 2.25. The average Bonchev–Trinajstić information content (AvgIpc) is 2.58. The molecule has 3 nitrogen and oxygen atoms in total. The summed E-state index contributed by atoms with van der Waals surface area (Å²) in [7, 11) is 0. The van der Waals surface area contributed by atoms with Crippen molar-refractivity contribution < 1.29 is 4.79 Å². The van der Waals surface area contributed by atoms with E-state index in [1.807, 2.05) is 0 Å². The molecule has 0 aromatic heterocycles. The Morgan fingerprint density at radius 2 is 1.83 bits per heavy atom. The number of thiocarbonyl (C=S) groups is 1. The molecular weight excluding hydrogens is 172 g/mol. The summed E-state index contributed by atoms with van der Waals surface area (Å²) < 4.78 is 0. The van der Waals surface area contributed by atoms with Crippen LogP contribution in [0.2, 0.25) is 0 Å². The molecule has 0 spiro atoms. The second-order valence-corrected chi connectivity index (χ2v) is 3.50. The molecule has 0 bridgehead atoms. The summed E-state index contributed by atoms with van der Waals surface area (Å²) in [5, 5.41) is 5.90. The van der Waals surface area contributed by atoms with Crippen LogP contribution in [0.4, 0.5) is 0 Å². The maximum atomic E-state index is 11.3. The predicted molar refractivity (Wildman–Crippen MR) is 49.4 cm³/mol. The maximum Gasteiger partial charge on any atom is 0.273 e. The van der Waals surface area contributed by atoms with Gasteiger partial charge < -0.3 is 5.32 Å². The van der Waals surface area contributed by atoms with Crippen molar-refractivity contribution in [3.63, 3.8) is 0 Å². The molecule has 0 aromatic carbocycles. The summed E-state index contributed by atoms with van der Waals surface area (Å²) >= 11 is 4.83. The first-order valence-electron chi connectivity index (χ1n) is 4.12. The summed E-state index contributed by atoms with van der Waals surface area (Å²) in [4.78, 5) is 11.3. The van der Waals surface area contributed by atoms with E-state index in [2.05, 4.69) is 10.6 Å². The lowest BCUT2D eigenvalue weighted by Gasteiger charge is -1.99. The zero-order chi connectivity index (χ0) is 8.55. The van der Waals surface area contributed by atoms with E-state index < -0.39 is 0 Å². The Morgan fingerprint density at radius 1 is 1.17 bits per heavy atom. The second kappa shape index (κ2) is 2.86. The monoisotopic (exact) mass is 182 g/mol. The number of carbonyl (C=O) groups excluding carboxylic acids is 1. The fraction of sp³-hybridized carbons (Fsp3) is 0.500. The van der Waals surface area contributed by atoms with Crippen molar-refractivity contribution >= 4 is 23.2 Å². The Kier molecular flexibility index (Phi) is 1.84. The van der Waals surface area contributed by atoms with Crippen LogP contribution in [0.5, 0.6) is 0 Å². The van der Waals surface area contributed by atoms with Crippen LogP contribution in [0.15, 0.2) is 11.3 Å². The summed E-state index contributed by atoms with van der Waals surface area (Å²) in [5.41, 5.74) is 1.94. The van der Waals surface area contributed by atoms with Crippen molar-refractivity contribution in [2.24, 2.45) is 0 Å². The van der Waals surface area contributed by atoms with Gasteiger partial charge in [0.05, 0.1) is 0 Å². The van der Waals surface area contributed by atoms with Crippen LogP contribution in [0, 0.1) is 0 Å². The van der Waals surface area contributed by atoms with E-state index in [1.54, 1.807) is 0 Å². The van der Waals surface area contributed by atoms with Gasteiger partial charge in [0.2, 0.25) is 0 Å². The van der Waals surface area contributed by atoms with Crippen molar-refractivity contribution in [3.8, 4) is 0 Å². The van der Waals surface area contributed by atoms with Gasteiger partial charge in [0.25, 0.3) is 5.91 Å². The van der Waals surface area contributed by atoms with Gasteiger partial charge in [-0.1, -0.05) is 0 Å². The number of rotatable bonds is 0. The standard InChI is InChI=1S/C8H10N2OS/c11-7-6(9-8(12)10-7)5-3-1-2-4-5/h1-4H2,(H2,9,10,11,12). The van der Waals surface area contributed by atoms with Crippen molar-refractivity contribution in [1.82, 2.24) is 10.6 Å². The Labute approximate surface area is 76.2 Å². The van der Waals surface area contributed by atoms with Gasteiger partial charge in [-0.15, -0.1) is 0 Å². The van der Waals surface area contributed by atoms with Crippen LogP contribution in [-0.2, 0) is 4.79 Å². The number of hydrogen-bond donors (Lipinski definition) is 2. The molecule has 1 saturated heterocycles.